The van der Waals surface area contributed by atoms with Gasteiger partial charge in [0.25, 0.3) is 0 Å². The van der Waals surface area contributed by atoms with E-state index in [2.05, 4.69) is 6.92 Å². The van der Waals surface area contributed by atoms with Crippen LogP contribution in [-0.4, -0.2) is 0 Å². The molecule has 0 amide bonds. The SMILES string of the molecule is CCC1(C(N)c2ccoc2)CCCC1. The first kappa shape index (κ1) is 9.78. The number of furan rings is 1. The zero-order chi connectivity index (χ0) is 10.0. The van der Waals surface area contributed by atoms with Crippen LogP contribution in [0.3, 0.4) is 0 Å². The van der Waals surface area contributed by atoms with Crippen molar-refractivity contribution in [2.75, 3.05) is 0 Å². The van der Waals surface area contributed by atoms with E-state index in [1.54, 1.807) is 12.5 Å². The summed E-state index contributed by atoms with van der Waals surface area (Å²) in [4.78, 5) is 0. The molecular formula is C12H19NO. The van der Waals surface area contributed by atoms with Gasteiger partial charge in [0.15, 0.2) is 0 Å². The monoisotopic (exact) mass is 193 g/mol. The van der Waals surface area contributed by atoms with Gasteiger partial charge in [-0.3, -0.25) is 0 Å². The Morgan fingerprint density at radius 1 is 1.50 bits per heavy atom. The third kappa shape index (κ3) is 1.48. The Bertz CT molecular complexity index is 273. The van der Waals surface area contributed by atoms with Crippen molar-refractivity contribution in [3.8, 4) is 0 Å². The maximum absolute atomic E-state index is 6.33. The van der Waals surface area contributed by atoms with Crippen molar-refractivity contribution in [3.63, 3.8) is 0 Å². The van der Waals surface area contributed by atoms with Crippen LogP contribution in [0.15, 0.2) is 23.0 Å². The highest BCUT2D eigenvalue weighted by Gasteiger charge is 2.38. The molecule has 1 heterocycles. The van der Waals surface area contributed by atoms with Crippen molar-refractivity contribution in [3.05, 3.63) is 24.2 Å². The molecule has 2 N–H and O–H groups in total. The topological polar surface area (TPSA) is 39.2 Å². The number of nitrogens with two attached hydrogens (primary N) is 1. The third-order valence-corrected chi connectivity index (χ3v) is 3.87. The van der Waals surface area contributed by atoms with Crippen LogP contribution in [0.1, 0.15) is 50.6 Å². The maximum atomic E-state index is 6.33. The van der Waals surface area contributed by atoms with E-state index >= 15 is 0 Å². The molecule has 0 radical (unpaired) electrons. The Balaban J connectivity index is 2.19. The average Bonchev–Trinajstić information content (AvgIpc) is 2.89. The number of hydrogen-bond donors (Lipinski definition) is 1. The van der Waals surface area contributed by atoms with Crippen LogP contribution in [0.4, 0.5) is 0 Å². The Labute approximate surface area is 85.5 Å². The Morgan fingerprint density at radius 2 is 2.21 bits per heavy atom. The van der Waals surface area contributed by atoms with Crippen LogP contribution in [0, 0.1) is 5.41 Å². The minimum Gasteiger partial charge on any atom is -0.472 e. The summed E-state index contributed by atoms with van der Waals surface area (Å²) in [6, 6.07) is 2.16. The van der Waals surface area contributed by atoms with Crippen molar-refractivity contribution >= 4 is 0 Å². The fourth-order valence-corrected chi connectivity index (χ4v) is 2.77. The average molecular weight is 193 g/mol. The summed E-state index contributed by atoms with van der Waals surface area (Å²) in [6.07, 6.45) is 9.90. The molecule has 2 rings (SSSR count). The van der Waals surface area contributed by atoms with E-state index < -0.39 is 0 Å². The smallest absolute Gasteiger partial charge is 0.0950 e. The van der Waals surface area contributed by atoms with E-state index in [1.165, 1.54) is 32.1 Å². The molecular weight excluding hydrogens is 174 g/mol. The Hall–Kier alpha value is -0.760. The molecule has 2 heteroatoms. The van der Waals surface area contributed by atoms with Gasteiger partial charge in [0.1, 0.15) is 0 Å². The number of hydrogen-bond acceptors (Lipinski definition) is 2. The largest absolute Gasteiger partial charge is 0.472 e. The highest BCUT2D eigenvalue weighted by molar-refractivity contribution is 5.15. The number of rotatable bonds is 3. The lowest BCUT2D eigenvalue weighted by Gasteiger charge is -2.33. The molecule has 0 aliphatic heterocycles. The zero-order valence-electron chi connectivity index (χ0n) is 8.83. The summed E-state index contributed by atoms with van der Waals surface area (Å²) in [5.41, 5.74) is 7.83. The standard InChI is InChI=1S/C12H19NO/c1-2-12(6-3-4-7-12)11(13)10-5-8-14-9-10/h5,8-9,11H,2-4,6-7,13H2,1H3. The zero-order valence-corrected chi connectivity index (χ0v) is 8.83. The van der Waals surface area contributed by atoms with E-state index in [4.69, 9.17) is 10.2 Å². The summed E-state index contributed by atoms with van der Waals surface area (Å²) in [7, 11) is 0. The van der Waals surface area contributed by atoms with Crippen LogP contribution in [-0.2, 0) is 0 Å². The second-order valence-corrected chi connectivity index (χ2v) is 4.46. The summed E-state index contributed by atoms with van der Waals surface area (Å²) in [5, 5.41) is 0. The third-order valence-electron chi connectivity index (χ3n) is 3.87. The van der Waals surface area contributed by atoms with Crippen LogP contribution < -0.4 is 5.73 Å². The summed E-state index contributed by atoms with van der Waals surface area (Å²) >= 11 is 0. The molecule has 1 aromatic rings. The highest BCUT2D eigenvalue weighted by atomic mass is 16.3. The summed E-state index contributed by atoms with van der Waals surface area (Å²) < 4.78 is 5.10. The minimum absolute atomic E-state index is 0.161. The lowest BCUT2D eigenvalue weighted by molar-refractivity contribution is 0.221. The van der Waals surface area contributed by atoms with Gasteiger partial charge in [0, 0.05) is 11.6 Å². The van der Waals surface area contributed by atoms with Crippen LogP contribution >= 0.6 is 0 Å². The first-order valence-electron chi connectivity index (χ1n) is 5.56. The van der Waals surface area contributed by atoms with Gasteiger partial charge in [-0.2, -0.15) is 0 Å². The van der Waals surface area contributed by atoms with Crippen molar-refractivity contribution in [1.82, 2.24) is 0 Å². The van der Waals surface area contributed by atoms with Crippen molar-refractivity contribution in [2.24, 2.45) is 11.1 Å². The van der Waals surface area contributed by atoms with Crippen molar-refractivity contribution in [1.29, 1.82) is 0 Å². The van der Waals surface area contributed by atoms with Gasteiger partial charge in [0.05, 0.1) is 12.5 Å². The van der Waals surface area contributed by atoms with Gasteiger partial charge in [-0.1, -0.05) is 19.8 Å². The predicted octanol–water partition coefficient (Wildman–Crippen LogP) is 3.25. The quantitative estimate of drug-likeness (QED) is 0.800. The van der Waals surface area contributed by atoms with E-state index in [1.807, 2.05) is 6.07 Å². The molecule has 0 bridgehead atoms. The molecule has 2 nitrogen and oxygen atoms in total. The molecule has 1 saturated carbocycles. The van der Waals surface area contributed by atoms with Gasteiger partial charge in [0.2, 0.25) is 0 Å². The molecule has 1 aromatic heterocycles. The first-order chi connectivity index (χ1) is 6.78. The van der Waals surface area contributed by atoms with Crippen LogP contribution in [0.2, 0.25) is 0 Å². The fourth-order valence-electron chi connectivity index (χ4n) is 2.77. The molecule has 1 fully saturated rings. The van der Waals surface area contributed by atoms with Gasteiger partial charge in [-0.25, -0.2) is 0 Å². The van der Waals surface area contributed by atoms with Gasteiger partial charge in [-0.05, 0) is 30.7 Å². The lowest BCUT2D eigenvalue weighted by atomic mass is 9.74. The normalized spacial score (nSPS) is 22.4. The lowest BCUT2D eigenvalue weighted by Crippen LogP contribution is -2.31. The molecule has 1 unspecified atom stereocenters. The first-order valence-corrected chi connectivity index (χ1v) is 5.56. The van der Waals surface area contributed by atoms with Crippen LogP contribution in [0.5, 0.6) is 0 Å². The molecule has 1 aliphatic rings. The minimum atomic E-state index is 0.161. The van der Waals surface area contributed by atoms with Gasteiger partial charge < -0.3 is 10.2 Å². The van der Waals surface area contributed by atoms with Gasteiger partial charge >= 0.3 is 0 Å². The van der Waals surface area contributed by atoms with Crippen molar-refractivity contribution < 1.29 is 4.42 Å². The molecule has 0 spiro atoms. The van der Waals surface area contributed by atoms with Gasteiger partial charge in [-0.15, -0.1) is 0 Å². The molecule has 1 aliphatic carbocycles. The predicted molar refractivity (Wildman–Crippen MR) is 56.8 cm³/mol. The van der Waals surface area contributed by atoms with Crippen LogP contribution in [0.25, 0.3) is 0 Å². The Morgan fingerprint density at radius 3 is 2.71 bits per heavy atom. The van der Waals surface area contributed by atoms with E-state index in [-0.39, 0.29) is 6.04 Å². The molecule has 78 valence electrons. The molecule has 0 saturated heterocycles. The highest BCUT2D eigenvalue weighted by Crippen LogP contribution is 2.48. The summed E-state index contributed by atoms with van der Waals surface area (Å²) in [5.74, 6) is 0. The summed E-state index contributed by atoms with van der Waals surface area (Å²) in [6.45, 7) is 2.26. The fraction of sp³-hybridized carbons (Fsp3) is 0.667. The second-order valence-electron chi connectivity index (χ2n) is 4.46. The van der Waals surface area contributed by atoms with E-state index in [9.17, 15) is 0 Å². The van der Waals surface area contributed by atoms with E-state index in [0.29, 0.717) is 5.41 Å². The Kier molecular flexibility index (Phi) is 2.64. The second kappa shape index (κ2) is 3.77. The van der Waals surface area contributed by atoms with E-state index in [0.717, 1.165) is 5.56 Å². The maximum Gasteiger partial charge on any atom is 0.0950 e. The van der Waals surface area contributed by atoms with Crippen molar-refractivity contribution in [2.45, 2.75) is 45.1 Å². The molecule has 1 atom stereocenters. The molecule has 0 aromatic carbocycles. The molecule has 14 heavy (non-hydrogen) atoms.